The van der Waals surface area contributed by atoms with Gasteiger partial charge in [-0.05, 0) is 19.8 Å². The van der Waals surface area contributed by atoms with E-state index in [4.69, 9.17) is 5.73 Å². The van der Waals surface area contributed by atoms with Crippen LogP contribution in [0.15, 0.2) is 6.20 Å². The summed E-state index contributed by atoms with van der Waals surface area (Å²) in [5.74, 6) is -0.0902. The third kappa shape index (κ3) is 4.09. The predicted octanol–water partition coefficient (Wildman–Crippen LogP) is 2.01. The van der Waals surface area contributed by atoms with Crippen LogP contribution >= 0.6 is 11.3 Å². The Hall–Kier alpha value is -0.940. The summed E-state index contributed by atoms with van der Waals surface area (Å²) < 4.78 is 0. The van der Waals surface area contributed by atoms with E-state index >= 15 is 0 Å². The van der Waals surface area contributed by atoms with Gasteiger partial charge in [0.25, 0.3) is 0 Å². The van der Waals surface area contributed by atoms with Crippen LogP contribution in [0.5, 0.6) is 0 Å². The molecule has 0 saturated carbocycles. The molecular weight excluding hydrogens is 234 g/mol. The molecule has 1 aromatic heterocycles. The number of nitrogens with two attached hydrogens (primary N) is 1. The summed E-state index contributed by atoms with van der Waals surface area (Å²) in [6.45, 7) is 6.05. The molecule has 2 unspecified atom stereocenters. The number of carbonyl (C=O) groups excluding carboxylic acids is 1. The van der Waals surface area contributed by atoms with Crippen molar-refractivity contribution in [3.05, 3.63) is 16.1 Å². The summed E-state index contributed by atoms with van der Waals surface area (Å²) in [4.78, 5) is 17.3. The van der Waals surface area contributed by atoms with Crippen LogP contribution in [-0.4, -0.2) is 16.9 Å². The van der Waals surface area contributed by atoms with Crippen molar-refractivity contribution in [2.45, 2.75) is 52.1 Å². The van der Waals surface area contributed by atoms with Gasteiger partial charge in [0, 0.05) is 11.1 Å². The molecule has 1 heterocycles. The molecule has 3 N–H and O–H groups in total. The van der Waals surface area contributed by atoms with Crippen molar-refractivity contribution in [1.29, 1.82) is 0 Å². The maximum Gasteiger partial charge on any atom is 0.237 e. The van der Waals surface area contributed by atoms with Gasteiger partial charge in [-0.15, -0.1) is 11.3 Å². The van der Waals surface area contributed by atoms with E-state index < -0.39 is 6.04 Å². The SMILES string of the molecule is CCCC(N)C(=O)NC(C)c1ncc(CC)s1. The van der Waals surface area contributed by atoms with E-state index in [9.17, 15) is 4.79 Å². The zero-order valence-electron chi connectivity index (χ0n) is 10.7. The summed E-state index contributed by atoms with van der Waals surface area (Å²) in [5, 5.41) is 3.85. The Bertz CT molecular complexity index is 364. The first kappa shape index (κ1) is 14.1. The Morgan fingerprint density at radius 1 is 1.59 bits per heavy atom. The molecule has 0 saturated heterocycles. The quantitative estimate of drug-likeness (QED) is 0.817. The summed E-state index contributed by atoms with van der Waals surface area (Å²) in [6.07, 6.45) is 4.49. The van der Waals surface area contributed by atoms with Crippen molar-refractivity contribution in [3.8, 4) is 0 Å². The average Bonchev–Trinajstić information content (AvgIpc) is 2.77. The normalized spacial score (nSPS) is 14.4. The number of thiazole rings is 1. The number of rotatable bonds is 6. The van der Waals surface area contributed by atoms with Gasteiger partial charge in [-0.3, -0.25) is 4.79 Å². The van der Waals surface area contributed by atoms with E-state index in [0.717, 1.165) is 24.3 Å². The van der Waals surface area contributed by atoms with Crippen molar-refractivity contribution in [2.24, 2.45) is 5.73 Å². The van der Waals surface area contributed by atoms with E-state index in [-0.39, 0.29) is 11.9 Å². The second-order valence-corrected chi connectivity index (χ2v) is 5.29. The zero-order valence-corrected chi connectivity index (χ0v) is 11.5. The molecule has 1 aromatic rings. The Morgan fingerprint density at radius 3 is 2.82 bits per heavy atom. The third-order valence-electron chi connectivity index (χ3n) is 2.59. The van der Waals surface area contributed by atoms with Gasteiger partial charge in [0.05, 0.1) is 12.1 Å². The minimum atomic E-state index is -0.409. The molecule has 0 spiro atoms. The Kier molecular flexibility index (Phi) is 5.58. The lowest BCUT2D eigenvalue weighted by molar-refractivity contribution is -0.123. The van der Waals surface area contributed by atoms with Crippen molar-refractivity contribution in [2.75, 3.05) is 0 Å². The molecular formula is C12H21N3OS. The van der Waals surface area contributed by atoms with Gasteiger partial charge in [0.15, 0.2) is 0 Å². The van der Waals surface area contributed by atoms with E-state index in [1.54, 1.807) is 11.3 Å². The maximum atomic E-state index is 11.7. The molecule has 17 heavy (non-hydrogen) atoms. The second-order valence-electron chi connectivity index (χ2n) is 4.14. The van der Waals surface area contributed by atoms with Gasteiger partial charge in [0.1, 0.15) is 5.01 Å². The van der Waals surface area contributed by atoms with Crippen LogP contribution < -0.4 is 11.1 Å². The number of hydrogen-bond donors (Lipinski definition) is 2. The highest BCUT2D eigenvalue weighted by Gasteiger charge is 2.17. The molecule has 4 nitrogen and oxygen atoms in total. The van der Waals surface area contributed by atoms with Crippen LogP contribution in [0.3, 0.4) is 0 Å². The number of nitrogens with zero attached hydrogens (tertiary/aromatic N) is 1. The monoisotopic (exact) mass is 255 g/mol. The maximum absolute atomic E-state index is 11.7. The van der Waals surface area contributed by atoms with Gasteiger partial charge in [-0.1, -0.05) is 20.3 Å². The highest BCUT2D eigenvalue weighted by Crippen LogP contribution is 2.20. The summed E-state index contributed by atoms with van der Waals surface area (Å²) in [7, 11) is 0. The largest absolute Gasteiger partial charge is 0.346 e. The first-order chi connectivity index (χ1) is 8.08. The predicted molar refractivity (Wildman–Crippen MR) is 70.9 cm³/mol. The van der Waals surface area contributed by atoms with Crippen molar-refractivity contribution in [1.82, 2.24) is 10.3 Å². The summed E-state index contributed by atoms with van der Waals surface area (Å²) in [5.41, 5.74) is 5.76. The van der Waals surface area contributed by atoms with Crippen LogP contribution in [0, 0.1) is 0 Å². The molecule has 5 heteroatoms. The van der Waals surface area contributed by atoms with E-state index in [1.807, 2.05) is 20.0 Å². The molecule has 0 aliphatic carbocycles. The van der Waals surface area contributed by atoms with Crippen molar-refractivity contribution in [3.63, 3.8) is 0 Å². The molecule has 0 bridgehead atoms. The number of aromatic nitrogens is 1. The molecule has 0 aliphatic heterocycles. The minimum absolute atomic E-state index is 0.0595. The fraction of sp³-hybridized carbons (Fsp3) is 0.667. The highest BCUT2D eigenvalue weighted by atomic mass is 32.1. The number of amides is 1. The van der Waals surface area contributed by atoms with Crippen molar-refractivity contribution < 1.29 is 4.79 Å². The van der Waals surface area contributed by atoms with Crippen LogP contribution in [-0.2, 0) is 11.2 Å². The van der Waals surface area contributed by atoms with Gasteiger partial charge in [-0.25, -0.2) is 4.98 Å². The molecule has 1 amide bonds. The Balaban J connectivity index is 2.53. The molecule has 1 rings (SSSR count). The molecule has 0 aliphatic rings. The van der Waals surface area contributed by atoms with Crippen LogP contribution in [0.4, 0.5) is 0 Å². The van der Waals surface area contributed by atoms with E-state index in [1.165, 1.54) is 4.88 Å². The topological polar surface area (TPSA) is 68.0 Å². The van der Waals surface area contributed by atoms with E-state index in [2.05, 4.69) is 17.2 Å². The standard InChI is InChI=1S/C12H21N3OS/c1-4-6-10(13)11(16)15-8(3)12-14-7-9(5-2)17-12/h7-8,10H,4-6,13H2,1-3H3,(H,15,16). The molecule has 0 radical (unpaired) electrons. The lowest BCUT2D eigenvalue weighted by atomic mass is 10.1. The third-order valence-corrected chi connectivity index (χ3v) is 3.91. The number of carbonyl (C=O) groups is 1. The zero-order chi connectivity index (χ0) is 12.8. The fourth-order valence-electron chi connectivity index (χ4n) is 1.51. The summed E-state index contributed by atoms with van der Waals surface area (Å²) >= 11 is 1.64. The van der Waals surface area contributed by atoms with Gasteiger partial charge in [0.2, 0.25) is 5.91 Å². The second kappa shape index (κ2) is 6.71. The number of aryl methyl sites for hydroxylation is 1. The molecule has 96 valence electrons. The smallest absolute Gasteiger partial charge is 0.237 e. The number of nitrogens with one attached hydrogen (secondary N) is 1. The van der Waals surface area contributed by atoms with Crippen molar-refractivity contribution >= 4 is 17.2 Å². The molecule has 0 aromatic carbocycles. The van der Waals surface area contributed by atoms with Gasteiger partial charge in [-0.2, -0.15) is 0 Å². The lowest BCUT2D eigenvalue weighted by Crippen LogP contribution is -2.41. The molecule has 0 fully saturated rings. The number of hydrogen-bond acceptors (Lipinski definition) is 4. The van der Waals surface area contributed by atoms with Crippen LogP contribution in [0.25, 0.3) is 0 Å². The minimum Gasteiger partial charge on any atom is -0.346 e. The van der Waals surface area contributed by atoms with Gasteiger partial charge >= 0.3 is 0 Å². The Labute approximate surface area is 107 Å². The van der Waals surface area contributed by atoms with Gasteiger partial charge < -0.3 is 11.1 Å². The molecule has 2 atom stereocenters. The van der Waals surface area contributed by atoms with Crippen LogP contribution in [0.1, 0.15) is 49.5 Å². The Morgan fingerprint density at radius 2 is 2.29 bits per heavy atom. The lowest BCUT2D eigenvalue weighted by Gasteiger charge is -2.15. The average molecular weight is 255 g/mol. The fourth-order valence-corrected chi connectivity index (χ4v) is 2.37. The first-order valence-electron chi connectivity index (χ1n) is 6.09. The van der Waals surface area contributed by atoms with Crippen LogP contribution in [0.2, 0.25) is 0 Å². The first-order valence-corrected chi connectivity index (χ1v) is 6.90. The highest BCUT2D eigenvalue weighted by molar-refractivity contribution is 7.11. The van der Waals surface area contributed by atoms with E-state index in [0.29, 0.717) is 0 Å². The summed E-state index contributed by atoms with van der Waals surface area (Å²) in [6, 6.07) is -0.469.